The van der Waals surface area contributed by atoms with E-state index in [4.69, 9.17) is 9.15 Å². The van der Waals surface area contributed by atoms with E-state index in [1.807, 2.05) is 6.08 Å². The number of hydrogen-bond donors (Lipinski definition) is 0. The van der Waals surface area contributed by atoms with E-state index in [0.717, 1.165) is 5.56 Å². The van der Waals surface area contributed by atoms with Crippen LogP contribution in [0.3, 0.4) is 0 Å². The number of aromatic nitrogens is 2. The van der Waals surface area contributed by atoms with Crippen LogP contribution < -0.4 is 0 Å². The molecule has 2 aromatic rings. The monoisotopic (exact) mass is 315 g/mol. The molecule has 0 aliphatic carbocycles. The fourth-order valence-electron chi connectivity index (χ4n) is 2.10. The summed E-state index contributed by atoms with van der Waals surface area (Å²) in [4.78, 5) is 12.5. The van der Waals surface area contributed by atoms with Gasteiger partial charge in [0.15, 0.2) is 0 Å². The molecule has 0 N–H and O–H groups in total. The van der Waals surface area contributed by atoms with Gasteiger partial charge in [0, 0.05) is 6.92 Å². The van der Waals surface area contributed by atoms with Crippen molar-refractivity contribution in [2.75, 3.05) is 6.54 Å². The second-order valence-electron chi connectivity index (χ2n) is 5.00. The molecule has 6 nitrogen and oxygen atoms in total. The van der Waals surface area contributed by atoms with E-state index >= 15 is 0 Å². The zero-order valence-corrected chi connectivity index (χ0v) is 12.4. The number of halogens is 1. The van der Waals surface area contributed by atoms with Crippen LogP contribution >= 0.6 is 0 Å². The first-order valence-electron chi connectivity index (χ1n) is 6.99. The Morgan fingerprint density at radius 2 is 2.09 bits per heavy atom. The predicted molar refractivity (Wildman–Crippen MR) is 79.1 cm³/mol. The number of carbonyl (C=O) groups excluding carboxylic acids is 1. The first kappa shape index (κ1) is 15.0. The molecule has 3 rings (SSSR count). The third-order valence-electron chi connectivity index (χ3n) is 3.21. The molecule has 7 heteroatoms. The molecule has 0 fully saturated rings. The van der Waals surface area contributed by atoms with Gasteiger partial charge in [0.25, 0.3) is 5.89 Å². The third-order valence-corrected chi connectivity index (χ3v) is 3.21. The van der Waals surface area contributed by atoms with Crippen LogP contribution in [-0.2, 0) is 16.0 Å². The number of hydrogen-bond acceptors (Lipinski definition) is 5. The molecule has 0 saturated heterocycles. The highest BCUT2D eigenvalue weighted by atomic mass is 19.1. The van der Waals surface area contributed by atoms with Crippen molar-refractivity contribution in [1.82, 2.24) is 15.1 Å². The number of nitrogens with zero attached hydrogens (tertiary/aromatic N) is 3. The Morgan fingerprint density at radius 3 is 2.74 bits per heavy atom. The van der Waals surface area contributed by atoms with Crippen molar-refractivity contribution in [3.63, 3.8) is 0 Å². The third kappa shape index (κ3) is 3.63. The van der Waals surface area contributed by atoms with Gasteiger partial charge >= 0.3 is 0 Å². The molecule has 1 aliphatic rings. The molecule has 0 atom stereocenters. The summed E-state index contributed by atoms with van der Waals surface area (Å²) in [5.74, 6) is 1.23. The largest absolute Gasteiger partial charge is 0.453 e. The number of aryl methyl sites for hydroxylation is 1. The van der Waals surface area contributed by atoms with Gasteiger partial charge in [-0.25, -0.2) is 4.39 Å². The van der Waals surface area contributed by atoms with E-state index in [2.05, 4.69) is 10.2 Å². The molecule has 1 aliphatic heterocycles. The molecule has 0 saturated carbocycles. The fraction of sp³-hybridized carbons (Fsp3) is 0.188. The maximum absolute atomic E-state index is 12.9. The minimum Gasteiger partial charge on any atom is -0.453 e. The van der Waals surface area contributed by atoms with Crippen molar-refractivity contribution in [1.29, 1.82) is 0 Å². The zero-order valence-electron chi connectivity index (χ0n) is 12.4. The summed E-state index contributed by atoms with van der Waals surface area (Å²) in [6.45, 7) is 1.98. The number of carbonyl (C=O) groups is 1. The average Bonchev–Trinajstić information content (AvgIpc) is 3.00. The van der Waals surface area contributed by atoms with Crippen molar-refractivity contribution in [3.8, 4) is 0 Å². The van der Waals surface area contributed by atoms with Crippen molar-refractivity contribution in [3.05, 3.63) is 65.5 Å². The van der Waals surface area contributed by atoms with Crippen molar-refractivity contribution in [2.24, 2.45) is 0 Å². The number of rotatable bonds is 4. The molecule has 1 aromatic carbocycles. The lowest BCUT2D eigenvalue weighted by atomic mass is 10.1. The summed E-state index contributed by atoms with van der Waals surface area (Å²) in [6, 6.07) is 6.20. The molecule has 0 radical (unpaired) electrons. The maximum atomic E-state index is 12.9. The molecule has 0 spiro atoms. The highest BCUT2D eigenvalue weighted by Gasteiger charge is 2.21. The topological polar surface area (TPSA) is 68.5 Å². The molecule has 1 amide bonds. The molecule has 2 heterocycles. The zero-order chi connectivity index (χ0) is 16.2. The molecule has 1 aromatic heterocycles. The van der Waals surface area contributed by atoms with Gasteiger partial charge in [0.1, 0.15) is 11.6 Å². The van der Waals surface area contributed by atoms with Crippen molar-refractivity contribution < 1.29 is 18.3 Å². The van der Waals surface area contributed by atoms with Crippen LogP contribution in [0.4, 0.5) is 4.39 Å². The van der Waals surface area contributed by atoms with Crippen LogP contribution in [0.15, 0.2) is 46.7 Å². The van der Waals surface area contributed by atoms with Gasteiger partial charge < -0.3 is 14.1 Å². The highest BCUT2D eigenvalue weighted by Crippen LogP contribution is 2.24. The molecule has 23 heavy (non-hydrogen) atoms. The molecular weight excluding hydrogens is 301 g/mol. The Bertz CT molecular complexity index is 765. The number of benzene rings is 1. The summed E-state index contributed by atoms with van der Waals surface area (Å²) in [5.41, 5.74) is 0.935. The van der Waals surface area contributed by atoms with Crippen LogP contribution in [0.2, 0.25) is 0 Å². The first-order valence-corrected chi connectivity index (χ1v) is 6.99. The standard InChI is InChI=1S/C16H14FN3O3/c1-11-18-19-16(22-11)15-9-20(10-21)8-14(23-15)7-4-12-2-5-13(17)6-3-12/h2-3,5-7,9-10H,4,8H2,1H3/b14-7-. The SMILES string of the molecule is Cc1nnc(C2=CN(C=O)C/C(=C/Cc3ccc(F)cc3)O2)o1. The predicted octanol–water partition coefficient (Wildman–Crippen LogP) is 2.43. The van der Waals surface area contributed by atoms with Crippen LogP contribution in [0.25, 0.3) is 5.76 Å². The Labute approximate surface area is 131 Å². The van der Waals surface area contributed by atoms with E-state index in [-0.39, 0.29) is 11.7 Å². The van der Waals surface area contributed by atoms with E-state index in [0.29, 0.717) is 36.8 Å². The lowest BCUT2D eigenvalue weighted by Crippen LogP contribution is -2.24. The van der Waals surface area contributed by atoms with Gasteiger partial charge in [0.05, 0.1) is 12.7 Å². The lowest BCUT2D eigenvalue weighted by Gasteiger charge is -2.22. The Balaban J connectivity index is 1.78. The Hall–Kier alpha value is -2.96. The van der Waals surface area contributed by atoms with Crippen LogP contribution in [0.5, 0.6) is 0 Å². The number of allylic oxidation sites excluding steroid dienone is 1. The summed E-state index contributed by atoms with van der Waals surface area (Å²) >= 11 is 0. The first-order chi connectivity index (χ1) is 11.1. The highest BCUT2D eigenvalue weighted by molar-refractivity contribution is 5.60. The molecule has 0 bridgehead atoms. The average molecular weight is 315 g/mol. The molecular formula is C16H14FN3O3. The van der Waals surface area contributed by atoms with Gasteiger partial charge in [-0.05, 0) is 30.2 Å². The fourth-order valence-corrected chi connectivity index (χ4v) is 2.10. The minimum absolute atomic E-state index is 0.210. The second kappa shape index (κ2) is 6.43. The van der Waals surface area contributed by atoms with Crippen molar-refractivity contribution >= 4 is 12.2 Å². The maximum Gasteiger partial charge on any atom is 0.285 e. The lowest BCUT2D eigenvalue weighted by molar-refractivity contribution is -0.116. The summed E-state index contributed by atoms with van der Waals surface area (Å²) in [6.07, 6.45) is 4.59. The van der Waals surface area contributed by atoms with E-state index in [9.17, 15) is 9.18 Å². The normalized spacial score (nSPS) is 16.2. The Kier molecular flexibility index (Phi) is 4.18. The molecule has 118 valence electrons. The minimum atomic E-state index is -0.278. The van der Waals surface area contributed by atoms with Gasteiger partial charge in [-0.3, -0.25) is 4.79 Å². The van der Waals surface area contributed by atoms with Gasteiger partial charge in [-0.15, -0.1) is 10.2 Å². The van der Waals surface area contributed by atoms with E-state index in [1.165, 1.54) is 23.2 Å². The Morgan fingerprint density at radius 1 is 1.30 bits per heavy atom. The summed E-state index contributed by atoms with van der Waals surface area (Å²) in [5, 5.41) is 7.62. The van der Waals surface area contributed by atoms with Crippen LogP contribution in [0.1, 0.15) is 17.3 Å². The number of amides is 1. The van der Waals surface area contributed by atoms with E-state index < -0.39 is 0 Å². The van der Waals surface area contributed by atoms with Gasteiger partial charge in [-0.2, -0.15) is 0 Å². The van der Waals surface area contributed by atoms with Gasteiger partial charge in [0.2, 0.25) is 18.1 Å². The van der Waals surface area contributed by atoms with Crippen LogP contribution in [0, 0.1) is 12.7 Å². The quantitative estimate of drug-likeness (QED) is 0.811. The summed E-state index contributed by atoms with van der Waals surface area (Å²) in [7, 11) is 0. The molecule has 0 unspecified atom stereocenters. The van der Waals surface area contributed by atoms with Gasteiger partial charge in [-0.1, -0.05) is 12.1 Å². The number of ether oxygens (including phenoxy) is 1. The second-order valence-corrected chi connectivity index (χ2v) is 5.00. The summed E-state index contributed by atoms with van der Waals surface area (Å²) < 4.78 is 23.9. The van der Waals surface area contributed by atoms with E-state index in [1.54, 1.807) is 19.1 Å². The van der Waals surface area contributed by atoms with Crippen LogP contribution in [-0.4, -0.2) is 28.1 Å². The van der Waals surface area contributed by atoms with Crippen molar-refractivity contribution in [2.45, 2.75) is 13.3 Å². The smallest absolute Gasteiger partial charge is 0.285 e.